The third-order valence-corrected chi connectivity index (χ3v) is 5.30. The van der Waals surface area contributed by atoms with Gasteiger partial charge in [0.2, 0.25) is 5.91 Å². The van der Waals surface area contributed by atoms with Gasteiger partial charge in [-0.05, 0) is 31.0 Å². The summed E-state index contributed by atoms with van der Waals surface area (Å²) < 4.78 is 5.01. The summed E-state index contributed by atoms with van der Waals surface area (Å²) in [5, 5.41) is 9.46. The Balaban J connectivity index is 2.02. The van der Waals surface area contributed by atoms with Gasteiger partial charge in [-0.1, -0.05) is 60.3 Å². The van der Waals surface area contributed by atoms with E-state index >= 15 is 0 Å². The molecular formula is C21H18N2O3S. The molecule has 1 atom stereocenters. The van der Waals surface area contributed by atoms with Crippen molar-refractivity contribution < 1.29 is 14.3 Å². The maximum Gasteiger partial charge on any atom is 0.351 e. The number of hydrogen-bond acceptors (Lipinski definition) is 5. The van der Waals surface area contributed by atoms with Crippen LogP contribution in [-0.4, -0.2) is 23.7 Å². The summed E-state index contributed by atoms with van der Waals surface area (Å²) in [4.78, 5) is 26.8. The first kappa shape index (κ1) is 18.7. The molecule has 0 saturated carbocycles. The minimum absolute atomic E-state index is 0.144. The SMILES string of the molecule is CCOC(=O)/C(C#N)=C1\S[C@@H](Cc2ccccc2)C(=O)N1c1ccccc1. The molecule has 0 spiro atoms. The van der Waals surface area contributed by atoms with E-state index in [0.29, 0.717) is 17.1 Å². The van der Waals surface area contributed by atoms with Crippen LogP contribution >= 0.6 is 11.8 Å². The van der Waals surface area contributed by atoms with Crippen LogP contribution in [0.15, 0.2) is 71.3 Å². The lowest BCUT2D eigenvalue weighted by molar-refractivity contribution is -0.138. The van der Waals surface area contributed by atoms with Gasteiger partial charge in [-0.25, -0.2) is 4.79 Å². The number of nitriles is 1. The Bertz CT molecular complexity index is 904. The van der Waals surface area contributed by atoms with Crippen molar-refractivity contribution in [3.63, 3.8) is 0 Å². The molecule has 0 radical (unpaired) electrons. The molecule has 5 nitrogen and oxygen atoms in total. The Morgan fingerprint density at radius 3 is 2.37 bits per heavy atom. The molecule has 1 aliphatic rings. The number of thioether (sulfide) groups is 1. The van der Waals surface area contributed by atoms with E-state index in [1.54, 1.807) is 19.1 Å². The van der Waals surface area contributed by atoms with Crippen LogP contribution in [0.4, 0.5) is 5.69 Å². The summed E-state index contributed by atoms with van der Waals surface area (Å²) in [5.74, 6) is -0.862. The van der Waals surface area contributed by atoms with Crippen LogP contribution in [0, 0.1) is 11.3 Å². The van der Waals surface area contributed by atoms with Crippen molar-refractivity contribution in [1.29, 1.82) is 5.26 Å². The van der Waals surface area contributed by atoms with E-state index in [9.17, 15) is 14.9 Å². The summed E-state index contributed by atoms with van der Waals surface area (Å²) >= 11 is 1.24. The number of para-hydroxylation sites is 1. The Hall–Kier alpha value is -3.04. The number of nitrogens with zero attached hydrogens (tertiary/aromatic N) is 2. The van der Waals surface area contributed by atoms with Gasteiger partial charge in [0.15, 0.2) is 5.57 Å². The fourth-order valence-electron chi connectivity index (χ4n) is 2.82. The minimum atomic E-state index is -0.711. The average molecular weight is 378 g/mol. The predicted octanol–water partition coefficient (Wildman–Crippen LogP) is 3.68. The first-order valence-electron chi connectivity index (χ1n) is 8.56. The average Bonchev–Trinajstić information content (AvgIpc) is 3.00. The molecule has 1 amide bonds. The second-order valence-corrected chi connectivity index (χ2v) is 7.01. The van der Waals surface area contributed by atoms with Gasteiger partial charge >= 0.3 is 5.97 Å². The first-order valence-corrected chi connectivity index (χ1v) is 9.44. The number of anilines is 1. The number of carbonyl (C=O) groups excluding carboxylic acids is 2. The number of carbonyl (C=O) groups is 2. The Morgan fingerprint density at radius 1 is 1.15 bits per heavy atom. The smallest absolute Gasteiger partial charge is 0.351 e. The normalized spacial score (nSPS) is 18.1. The van der Waals surface area contributed by atoms with Crippen LogP contribution in [0.3, 0.4) is 0 Å². The molecule has 1 saturated heterocycles. The van der Waals surface area contributed by atoms with Crippen LogP contribution in [-0.2, 0) is 20.7 Å². The molecule has 0 aliphatic carbocycles. The number of amides is 1. The van der Waals surface area contributed by atoms with Crippen LogP contribution < -0.4 is 4.90 Å². The summed E-state index contributed by atoms with van der Waals surface area (Å²) in [6.07, 6.45) is 0.513. The maximum atomic E-state index is 13.1. The van der Waals surface area contributed by atoms with Crippen molar-refractivity contribution in [2.24, 2.45) is 0 Å². The van der Waals surface area contributed by atoms with E-state index in [1.807, 2.05) is 54.6 Å². The van der Waals surface area contributed by atoms with Crippen molar-refractivity contribution in [3.8, 4) is 6.07 Å². The molecule has 0 N–H and O–H groups in total. The molecule has 0 bridgehead atoms. The Kier molecular flexibility index (Phi) is 5.94. The van der Waals surface area contributed by atoms with Gasteiger partial charge in [-0.2, -0.15) is 5.26 Å². The fourth-order valence-corrected chi connectivity index (χ4v) is 4.11. The summed E-state index contributed by atoms with van der Waals surface area (Å²) in [6.45, 7) is 1.84. The van der Waals surface area contributed by atoms with Crippen LogP contribution in [0.5, 0.6) is 0 Å². The lowest BCUT2D eigenvalue weighted by atomic mass is 10.1. The van der Waals surface area contributed by atoms with E-state index in [4.69, 9.17) is 4.74 Å². The summed E-state index contributed by atoms with van der Waals surface area (Å²) in [7, 11) is 0. The molecule has 2 aromatic rings. The fraction of sp³-hybridized carbons (Fsp3) is 0.190. The van der Waals surface area contributed by atoms with Gasteiger partial charge in [0.05, 0.1) is 11.9 Å². The van der Waals surface area contributed by atoms with Crippen molar-refractivity contribution in [3.05, 3.63) is 76.8 Å². The highest BCUT2D eigenvalue weighted by atomic mass is 32.2. The third-order valence-electron chi connectivity index (χ3n) is 4.04. The van der Waals surface area contributed by atoms with Crippen LogP contribution in [0.25, 0.3) is 0 Å². The highest BCUT2D eigenvalue weighted by Gasteiger charge is 2.41. The summed E-state index contributed by atoms with van der Waals surface area (Å²) in [5.41, 5.74) is 1.50. The second kappa shape index (κ2) is 8.56. The number of hydrogen-bond donors (Lipinski definition) is 0. The van der Waals surface area contributed by atoms with Gasteiger partial charge in [0.1, 0.15) is 11.1 Å². The highest BCUT2D eigenvalue weighted by molar-refractivity contribution is 8.05. The molecule has 27 heavy (non-hydrogen) atoms. The molecule has 0 unspecified atom stereocenters. The van der Waals surface area contributed by atoms with Crippen molar-refractivity contribution in [2.45, 2.75) is 18.6 Å². The topological polar surface area (TPSA) is 70.4 Å². The lowest BCUT2D eigenvalue weighted by Gasteiger charge is -2.18. The highest BCUT2D eigenvalue weighted by Crippen LogP contribution is 2.41. The quantitative estimate of drug-likeness (QED) is 0.451. The van der Waals surface area contributed by atoms with Gasteiger partial charge in [0.25, 0.3) is 0 Å². The summed E-state index contributed by atoms with van der Waals surface area (Å²) in [6, 6.07) is 20.6. The molecular weight excluding hydrogens is 360 g/mol. The lowest BCUT2D eigenvalue weighted by Crippen LogP contribution is -2.30. The molecule has 1 fully saturated rings. The molecule has 3 rings (SSSR count). The van der Waals surface area contributed by atoms with Gasteiger partial charge < -0.3 is 4.74 Å². The molecule has 1 heterocycles. The molecule has 136 valence electrons. The monoisotopic (exact) mass is 378 g/mol. The minimum Gasteiger partial charge on any atom is -0.462 e. The standard InChI is InChI=1S/C21H18N2O3S/c1-2-26-21(25)17(14-22)20-23(16-11-7-4-8-12-16)19(24)18(27-20)13-15-9-5-3-6-10-15/h3-12,18H,2,13H2,1H3/b20-17-/t18-/m0/s1. The Morgan fingerprint density at radius 2 is 1.78 bits per heavy atom. The molecule has 2 aromatic carbocycles. The molecule has 1 aliphatic heterocycles. The third kappa shape index (κ3) is 4.04. The van der Waals surface area contributed by atoms with E-state index in [1.165, 1.54) is 16.7 Å². The van der Waals surface area contributed by atoms with Crippen molar-refractivity contribution in [1.82, 2.24) is 0 Å². The van der Waals surface area contributed by atoms with Gasteiger partial charge in [-0.15, -0.1) is 0 Å². The van der Waals surface area contributed by atoms with Gasteiger partial charge in [0, 0.05) is 5.69 Å². The van der Waals surface area contributed by atoms with E-state index in [2.05, 4.69) is 0 Å². The number of benzene rings is 2. The zero-order valence-electron chi connectivity index (χ0n) is 14.8. The maximum absolute atomic E-state index is 13.1. The largest absolute Gasteiger partial charge is 0.462 e. The second-order valence-electron chi connectivity index (χ2n) is 5.82. The van der Waals surface area contributed by atoms with E-state index in [-0.39, 0.29) is 18.1 Å². The van der Waals surface area contributed by atoms with Gasteiger partial charge in [-0.3, -0.25) is 9.69 Å². The molecule has 0 aromatic heterocycles. The van der Waals surface area contributed by atoms with Crippen LogP contribution in [0.2, 0.25) is 0 Å². The number of esters is 1. The predicted molar refractivity (Wildman–Crippen MR) is 105 cm³/mol. The number of ether oxygens (including phenoxy) is 1. The van der Waals surface area contributed by atoms with Crippen molar-refractivity contribution >= 4 is 29.3 Å². The Labute approximate surface area is 162 Å². The van der Waals surface area contributed by atoms with Crippen molar-refractivity contribution in [2.75, 3.05) is 11.5 Å². The first-order chi connectivity index (χ1) is 13.2. The number of rotatable bonds is 5. The van der Waals surface area contributed by atoms with Crippen LogP contribution in [0.1, 0.15) is 12.5 Å². The zero-order valence-corrected chi connectivity index (χ0v) is 15.6. The zero-order chi connectivity index (χ0) is 19.2. The molecule has 6 heteroatoms. The van der Waals surface area contributed by atoms with E-state index < -0.39 is 11.2 Å². The van der Waals surface area contributed by atoms with E-state index in [0.717, 1.165) is 5.56 Å².